The fourth-order valence-electron chi connectivity index (χ4n) is 1.45. The molecule has 1 heterocycles. The van der Waals surface area contributed by atoms with E-state index in [-0.39, 0.29) is 6.42 Å². The maximum atomic E-state index is 12.1. The molecule has 0 N–H and O–H groups in total. The maximum absolute atomic E-state index is 12.1. The molecule has 1 fully saturated rings. The lowest BCUT2D eigenvalue weighted by Crippen LogP contribution is -2.11. The van der Waals surface area contributed by atoms with E-state index in [2.05, 4.69) is 10.2 Å². The first-order valence-corrected chi connectivity index (χ1v) is 3.92. The van der Waals surface area contributed by atoms with Crippen LogP contribution in [0.4, 0.5) is 13.2 Å². The van der Waals surface area contributed by atoms with E-state index in [0.717, 1.165) is 0 Å². The third-order valence-electron chi connectivity index (χ3n) is 2.25. The summed E-state index contributed by atoms with van der Waals surface area (Å²) in [5.41, 5.74) is 0.636. The zero-order valence-corrected chi connectivity index (χ0v) is 6.62. The summed E-state index contributed by atoms with van der Waals surface area (Å²) in [5.74, 6) is -1.56. The Bertz CT molecular complexity index is 296. The molecule has 2 rings (SSSR count). The Balaban J connectivity index is 2.09. The van der Waals surface area contributed by atoms with Crippen LogP contribution in [0.1, 0.15) is 17.9 Å². The third kappa shape index (κ3) is 1.64. The average molecular weight is 188 g/mol. The summed E-state index contributed by atoms with van der Waals surface area (Å²) in [6.07, 6.45) is -1.05. The molecule has 0 bridgehead atoms. The van der Waals surface area contributed by atoms with Gasteiger partial charge in [-0.05, 0) is 24.0 Å². The third-order valence-corrected chi connectivity index (χ3v) is 2.25. The Labute approximate surface area is 72.8 Å². The molecule has 1 aliphatic rings. The van der Waals surface area contributed by atoms with E-state index in [9.17, 15) is 13.2 Å². The molecule has 1 aromatic rings. The predicted octanol–water partition coefficient (Wildman–Crippen LogP) is 2.14. The number of hydrogen-bond acceptors (Lipinski definition) is 2. The van der Waals surface area contributed by atoms with E-state index in [0.29, 0.717) is 5.56 Å². The monoisotopic (exact) mass is 188 g/mol. The lowest BCUT2D eigenvalue weighted by molar-refractivity contribution is -0.148. The van der Waals surface area contributed by atoms with Gasteiger partial charge in [0.25, 0.3) is 0 Å². The summed E-state index contributed by atoms with van der Waals surface area (Å²) in [6, 6.07) is 1.59. The van der Waals surface area contributed by atoms with Crippen LogP contribution in [0.2, 0.25) is 0 Å². The van der Waals surface area contributed by atoms with Gasteiger partial charge >= 0.3 is 6.18 Å². The van der Waals surface area contributed by atoms with Crippen LogP contribution in [0.5, 0.6) is 0 Å². The van der Waals surface area contributed by atoms with Gasteiger partial charge in [-0.15, -0.1) is 0 Å². The molecular weight excluding hydrogens is 181 g/mol. The van der Waals surface area contributed by atoms with Crippen LogP contribution < -0.4 is 0 Å². The first-order valence-electron chi connectivity index (χ1n) is 3.92. The van der Waals surface area contributed by atoms with Crippen LogP contribution >= 0.6 is 0 Å². The van der Waals surface area contributed by atoms with E-state index in [1.807, 2.05) is 0 Å². The second-order valence-electron chi connectivity index (χ2n) is 3.17. The molecule has 2 atom stereocenters. The van der Waals surface area contributed by atoms with Crippen molar-refractivity contribution < 1.29 is 13.2 Å². The summed E-state index contributed by atoms with van der Waals surface area (Å²) in [4.78, 5) is 0. The fourth-order valence-corrected chi connectivity index (χ4v) is 1.45. The SMILES string of the molecule is FC(F)(F)C1CC1c1ccnnc1. The van der Waals surface area contributed by atoms with Crippen molar-refractivity contribution in [2.75, 3.05) is 0 Å². The minimum absolute atomic E-state index is 0.190. The number of alkyl halides is 3. The lowest BCUT2D eigenvalue weighted by Gasteiger charge is -2.04. The largest absolute Gasteiger partial charge is 0.392 e. The molecule has 2 unspecified atom stereocenters. The van der Waals surface area contributed by atoms with Crippen LogP contribution in [-0.2, 0) is 0 Å². The molecule has 0 radical (unpaired) electrons. The molecule has 13 heavy (non-hydrogen) atoms. The number of rotatable bonds is 1. The highest BCUT2D eigenvalue weighted by Gasteiger charge is 2.56. The molecule has 2 nitrogen and oxygen atoms in total. The van der Waals surface area contributed by atoms with E-state index >= 15 is 0 Å². The Morgan fingerprint density at radius 2 is 2.08 bits per heavy atom. The highest BCUT2D eigenvalue weighted by atomic mass is 19.4. The van der Waals surface area contributed by atoms with Crippen molar-refractivity contribution in [3.05, 3.63) is 24.0 Å². The zero-order valence-electron chi connectivity index (χ0n) is 6.62. The fraction of sp³-hybridized carbons (Fsp3) is 0.500. The highest BCUT2D eigenvalue weighted by Crippen LogP contribution is 2.55. The van der Waals surface area contributed by atoms with Gasteiger partial charge in [-0.1, -0.05) is 0 Å². The summed E-state index contributed by atoms with van der Waals surface area (Å²) in [7, 11) is 0. The van der Waals surface area contributed by atoms with Gasteiger partial charge < -0.3 is 0 Å². The van der Waals surface area contributed by atoms with Gasteiger partial charge in [-0.3, -0.25) is 0 Å². The molecule has 70 valence electrons. The number of hydrogen-bond donors (Lipinski definition) is 0. The summed E-state index contributed by atoms with van der Waals surface area (Å²) < 4.78 is 36.4. The van der Waals surface area contributed by atoms with Crippen LogP contribution in [0.3, 0.4) is 0 Å². The standard InChI is InChI=1S/C8H7F3N2/c9-8(10,11)7-3-6(7)5-1-2-12-13-4-5/h1-2,4,6-7H,3H2. The zero-order chi connectivity index (χ0) is 9.47. The van der Waals surface area contributed by atoms with E-state index in [4.69, 9.17) is 0 Å². The normalized spacial score (nSPS) is 27.3. The van der Waals surface area contributed by atoms with Crippen molar-refractivity contribution in [2.24, 2.45) is 5.92 Å². The Kier molecular flexibility index (Phi) is 1.75. The van der Waals surface area contributed by atoms with E-state index in [1.54, 1.807) is 6.07 Å². The second-order valence-corrected chi connectivity index (χ2v) is 3.17. The van der Waals surface area contributed by atoms with Crippen molar-refractivity contribution in [3.8, 4) is 0 Å². The minimum atomic E-state index is -4.06. The van der Waals surface area contributed by atoms with Gasteiger partial charge in [0.2, 0.25) is 0 Å². The average Bonchev–Trinajstić information content (AvgIpc) is 2.83. The Morgan fingerprint density at radius 3 is 2.54 bits per heavy atom. The molecule has 0 aromatic carbocycles. The van der Waals surface area contributed by atoms with Crippen molar-refractivity contribution in [3.63, 3.8) is 0 Å². The Hall–Kier alpha value is -1.13. The van der Waals surface area contributed by atoms with Crippen LogP contribution in [0, 0.1) is 5.92 Å². The highest BCUT2D eigenvalue weighted by molar-refractivity contribution is 5.21. The number of aromatic nitrogens is 2. The van der Waals surface area contributed by atoms with Gasteiger partial charge in [0.1, 0.15) is 0 Å². The molecule has 1 saturated carbocycles. The van der Waals surface area contributed by atoms with Crippen LogP contribution in [0.25, 0.3) is 0 Å². The van der Waals surface area contributed by atoms with Gasteiger partial charge in [-0.25, -0.2) is 0 Å². The first kappa shape index (κ1) is 8.47. The molecule has 0 spiro atoms. The van der Waals surface area contributed by atoms with Gasteiger partial charge in [0.15, 0.2) is 0 Å². The van der Waals surface area contributed by atoms with Crippen molar-refractivity contribution in [1.29, 1.82) is 0 Å². The molecule has 1 aromatic heterocycles. The molecular formula is C8H7F3N2. The first-order chi connectivity index (χ1) is 6.09. The molecule has 1 aliphatic carbocycles. The van der Waals surface area contributed by atoms with Gasteiger partial charge in [-0.2, -0.15) is 23.4 Å². The van der Waals surface area contributed by atoms with Crippen LogP contribution in [0.15, 0.2) is 18.5 Å². The smallest absolute Gasteiger partial charge is 0.171 e. The number of nitrogens with zero attached hydrogens (tertiary/aromatic N) is 2. The minimum Gasteiger partial charge on any atom is -0.171 e. The van der Waals surface area contributed by atoms with E-state index in [1.165, 1.54) is 12.4 Å². The summed E-state index contributed by atoms with van der Waals surface area (Å²) in [6.45, 7) is 0. The van der Waals surface area contributed by atoms with Gasteiger partial charge in [0, 0.05) is 6.20 Å². The molecule has 0 aliphatic heterocycles. The lowest BCUT2D eigenvalue weighted by atomic mass is 10.2. The summed E-state index contributed by atoms with van der Waals surface area (Å²) in [5, 5.41) is 7.06. The topological polar surface area (TPSA) is 25.8 Å². The predicted molar refractivity (Wildman–Crippen MR) is 38.9 cm³/mol. The molecule has 0 amide bonds. The van der Waals surface area contributed by atoms with Crippen molar-refractivity contribution >= 4 is 0 Å². The van der Waals surface area contributed by atoms with Crippen LogP contribution in [-0.4, -0.2) is 16.4 Å². The van der Waals surface area contributed by atoms with Crippen molar-refractivity contribution in [1.82, 2.24) is 10.2 Å². The Morgan fingerprint density at radius 1 is 1.31 bits per heavy atom. The second kappa shape index (κ2) is 2.68. The van der Waals surface area contributed by atoms with Crippen molar-refractivity contribution in [2.45, 2.75) is 18.5 Å². The van der Waals surface area contributed by atoms with Gasteiger partial charge in [0.05, 0.1) is 12.1 Å². The number of halogens is 3. The molecule has 0 saturated heterocycles. The quantitative estimate of drug-likeness (QED) is 0.674. The van der Waals surface area contributed by atoms with E-state index < -0.39 is 18.0 Å². The maximum Gasteiger partial charge on any atom is 0.392 e. The summed E-state index contributed by atoms with van der Waals surface area (Å²) >= 11 is 0. The molecule has 5 heteroatoms.